The summed E-state index contributed by atoms with van der Waals surface area (Å²) in [5, 5.41) is 6.96. The quantitative estimate of drug-likeness (QED) is 0.619. The number of fused-ring (bicyclic) bond motifs is 1. The number of rotatable bonds is 4. The minimum atomic E-state index is -0.360. The first-order chi connectivity index (χ1) is 13.2. The Kier molecular flexibility index (Phi) is 5.05. The van der Waals surface area contributed by atoms with Crippen molar-refractivity contribution < 1.29 is 14.3 Å². The molecule has 27 heavy (non-hydrogen) atoms. The maximum atomic E-state index is 13.0. The third-order valence-corrected chi connectivity index (χ3v) is 6.23. The van der Waals surface area contributed by atoms with Gasteiger partial charge in [0, 0.05) is 28.6 Å². The molecule has 0 spiro atoms. The van der Waals surface area contributed by atoms with Crippen LogP contribution in [-0.2, 0) is 22.4 Å². The summed E-state index contributed by atoms with van der Waals surface area (Å²) in [6.45, 7) is 0.651. The van der Waals surface area contributed by atoms with Crippen LogP contribution in [0, 0.1) is 0 Å². The van der Waals surface area contributed by atoms with Gasteiger partial charge in [-0.2, -0.15) is 11.3 Å². The van der Waals surface area contributed by atoms with Crippen molar-refractivity contribution in [3.8, 4) is 10.6 Å². The van der Waals surface area contributed by atoms with Crippen LogP contribution < -0.4 is 4.90 Å². The molecule has 1 aromatic carbocycles. The number of ether oxygens (including phenoxy) is 1. The SMILES string of the molecule is COC(=O)c1cccc2c1CCCN2C(=O)Cc1csc(-c2ccsc2)n1. The molecule has 0 aliphatic carbocycles. The van der Waals surface area contributed by atoms with Crippen LogP contribution in [0.5, 0.6) is 0 Å². The summed E-state index contributed by atoms with van der Waals surface area (Å²) in [6, 6.07) is 7.49. The standard InChI is InChI=1S/C20H18N2O3S2/c1-25-20(24)16-4-2-6-17-15(16)5-3-8-22(17)18(23)10-14-12-27-19(21-14)13-7-9-26-11-13/h2,4,6-7,9,11-12H,3,5,8,10H2,1H3. The van der Waals surface area contributed by atoms with Crippen LogP contribution in [0.4, 0.5) is 5.69 Å². The second-order valence-electron chi connectivity index (χ2n) is 6.28. The van der Waals surface area contributed by atoms with Gasteiger partial charge in [-0.1, -0.05) is 6.07 Å². The van der Waals surface area contributed by atoms with Gasteiger partial charge in [-0.3, -0.25) is 4.79 Å². The molecule has 4 rings (SSSR count). The average molecular weight is 399 g/mol. The minimum absolute atomic E-state index is 0.000124. The molecule has 7 heteroatoms. The summed E-state index contributed by atoms with van der Waals surface area (Å²) < 4.78 is 4.88. The Bertz CT molecular complexity index is 979. The number of hydrogen-bond acceptors (Lipinski definition) is 6. The van der Waals surface area contributed by atoms with Crippen molar-refractivity contribution in [3.05, 3.63) is 57.2 Å². The number of esters is 1. The van der Waals surface area contributed by atoms with Gasteiger partial charge in [-0.15, -0.1) is 11.3 Å². The molecule has 0 fully saturated rings. The summed E-state index contributed by atoms with van der Waals surface area (Å²) in [7, 11) is 1.38. The zero-order valence-electron chi connectivity index (χ0n) is 14.8. The van der Waals surface area contributed by atoms with Gasteiger partial charge in [0.1, 0.15) is 5.01 Å². The van der Waals surface area contributed by atoms with E-state index in [2.05, 4.69) is 10.4 Å². The van der Waals surface area contributed by atoms with Crippen LogP contribution in [0.1, 0.15) is 28.0 Å². The van der Waals surface area contributed by atoms with Crippen molar-refractivity contribution in [3.63, 3.8) is 0 Å². The normalized spacial score (nSPS) is 13.3. The third-order valence-electron chi connectivity index (χ3n) is 4.61. The molecule has 5 nitrogen and oxygen atoms in total. The highest BCUT2D eigenvalue weighted by Crippen LogP contribution is 2.31. The lowest BCUT2D eigenvalue weighted by atomic mass is 9.96. The minimum Gasteiger partial charge on any atom is -0.465 e. The molecule has 0 saturated carbocycles. The van der Waals surface area contributed by atoms with E-state index in [0.717, 1.165) is 40.4 Å². The number of benzene rings is 1. The predicted molar refractivity (Wildman–Crippen MR) is 108 cm³/mol. The second-order valence-corrected chi connectivity index (χ2v) is 7.91. The molecule has 1 aliphatic rings. The fourth-order valence-corrected chi connectivity index (χ4v) is 4.87. The van der Waals surface area contributed by atoms with E-state index in [1.807, 2.05) is 22.9 Å². The highest BCUT2D eigenvalue weighted by Gasteiger charge is 2.26. The first kappa shape index (κ1) is 17.9. The number of anilines is 1. The van der Waals surface area contributed by atoms with Gasteiger partial charge >= 0.3 is 5.97 Å². The molecule has 1 amide bonds. The zero-order valence-corrected chi connectivity index (χ0v) is 16.4. The predicted octanol–water partition coefficient (Wildman–Crippen LogP) is 4.18. The van der Waals surface area contributed by atoms with E-state index in [-0.39, 0.29) is 18.3 Å². The number of methoxy groups -OCH3 is 1. The van der Waals surface area contributed by atoms with Crippen LogP contribution in [-0.4, -0.2) is 30.5 Å². The summed E-state index contributed by atoms with van der Waals surface area (Å²) in [5.41, 5.74) is 4.11. The van der Waals surface area contributed by atoms with Gasteiger partial charge in [0.15, 0.2) is 0 Å². The second kappa shape index (κ2) is 7.62. The molecule has 1 aliphatic heterocycles. The topological polar surface area (TPSA) is 59.5 Å². The van der Waals surface area contributed by atoms with E-state index in [0.29, 0.717) is 12.1 Å². The van der Waals surface area contributed by atoms with E-state index >= 15 is 0 Å². The largest absolute Gasteiger partial charge is 0.465 e. The highest BCUT2D eigenvalue weighted by molar-refractivity contribution is 7.14. The smallest absolute Gasteiger partial charge is 0.338 e. The molecule has 3 aromatic rings. The fourth-order valence-electron chi connectivity index (χ4n) is 3.34. The number of nitrogens with zero attached hydrogens (tertiary/aromatic N) is 2. The molecular formula is C20H18N2O3S2. The summed E-state index contributed by atoms with van der Waals surface area (Å²) in [5.74, 6) is -0.360. The molecule has 0 saturated heterocycles. The lowest BCUT2D eigenvalue weighted by molar-refractivity contribution is -0.118. The van der Waals surface area contributed by atoms with E-state index in [9.17, 15) is 9.59 Å². The first-order valence-corrected chi connectivity index (χ1v) is 10.5. The average Bonchev–Trinajstić information content (AvgIpc) is 3.38. The molecular weight excluding hydrogens is 380 g/mol. The van der Waals surface area contributed by atoms with Crippen LogP contribution in [0.25, 0.3) is 10.6 Å². The van der Waals surface area contributed by atoms with Gasteiger partial charge in [0.25, 0.3) is 0 Å². The number of amides is 1. The number of hydrogen-bond donors (Lipinski definition) is 0. The van der Waals surface area contributed by atoms with Crippen molar-refractivity contribution >= 4 is 40.2 Å². The van der Waals surface area contributed by atoms with E-state index < -0.39 is 0 Å². The van der Waals surface area contributed by atoms with Gasteiger partial charge in [0.05, 0.1) is 24.8 Å². The highest BCUT2D eigenvalue weighted by atomic mass is 32.1. The number of carbonyl (C=O) groups excluding carboxylic acids is 2. The number of thiophene rings is 1. The Hall–Kier alpha value is -2.51. The Morgan fingerprint density at radius 1 is 1.26 bits per heavy atom. The van der Waals surface area contributed by atoms with Crippen molar-refractivity contribution in [1.29, 1.82) is 0 Å². The van der Waals surface area contributed by atoms with Crippen LogP contribution in [0.15, 0.2) is 40.4 Å². The molecule has 3 heterocycles. The number of thiazole rings is 1. The van der Waals surface area contributed by atoms with Crippen molar-refractivity contribution in [2.24, 2.45) is 0 Å². The van der Waals surface area contributed by atoms with Crippen molar-refractivity contribution in [1.82, 2.24) is 4.98 Å². The summed E-state index contributed by atoms with van der Waals surface area (Å²) >= 11 is 3.19. The molecule has 138 valence electrons. The summed E-state index contributed by atoms with van der Waals surface area (Å²) in [6.07, 6.45) is 1.84. The van der Waals surface area contributed by atoms with Crippen molar-refractivity contribution in [2.75, 3.05) is 18.6 Å². The van der Waals surface area contributed by atoms with Crippen molar-refractivity contribution in [2.45, 2.75) is 19.3 Å². The van der Waals surface area contributed by atoms with Gasteiger partial charge in [0.2, 0.25) is 5.91 Å². The molecule has 0 N–H and O–H groups in total. The zero-order chi connectivity index (χ0) is 18.8. The lowest BCUT2D eigenvalue weighted by Gasteiger charge is -2.30. The fraction of sp³-hybridized carbons (Fsp3) is 0.250. The van der Waals surface area contributed by atoms with E-state index in [1.54, 1.807) is 39.7 Å². The van der Waals surface area contributed by atoms with Gasteiger partial charge < -0.3 is 9.64 Å². The Balaban J connectivity index is 1.57. The molecule has 0 radical (unpaired) electrons. The summed E-state index contributed by atoms with van der Waals surface area (Å²) in [4.78, 5) is 31.4. The number of carbonyl (C=O) groups is 2. The van der Waals surface area contributed by atoms with Crippen LogP contribution in [0.3, 0.4) is 0 Å². The van der Waals surface area contributed by atoms with Crippen LogP contribution >= 0.6 is 22.7 Å². The Morgan fingerprint density at radius 3 is 2.93 bits per heavy atom. The number of aromatic nitrogens is 1. The third kappa shape index (κ3) is 3.52. The Labute approximate surface area is 165 Å². The Morgan fingerprint density at radius 2 is 2.15 bits per heavy atom. The molecule has 0 bridgehead atoms. The molecule has 0 atom stereocenters. The van der Waals surface area contributed by atoms with Crippen LogP contribution in [0.2, 0.25) is 0 Å². The van der Waals surface area contributed by atoms with Gasteiger partial charge in [-0.05, 0) is 42.0 Å². The maximum absolute atomic E-state index is 13.0. The monoisotopic (exact) mass is 398 g/mol. The van der Waals surface area contributed by atoms with E-state index in [1.165, 1.54) is 7.11 Å². The molecule has 2 aromatic heterocycles. The molecule has 0 unspecified atom stereocenters. The maximum Gasteiger partial charge on any atom is 0.338 e. The first-order valence-electron chi connectivity index (χ1n) is 8.65. The van der Waals surface area contributed by atoms with E-state index in [4.69, 9.17) is 4.74 Å². The lowest BCUT2D eigenvalue weighted by Crippen LogP contribution is -2.37. The van der Waals surface area contributed by atoms with Gasteiger partial charge in [-0.25, -0.2) is 9.78 Å².